The van der Waals surface area contributed by atoms with E-state index in [0.717, 1.165) is 32.1 Å². The van der Waals surface area contributed by atoms with Gasteiger partial charge in [-0.05, 0) is 5.92 Å². The average Bonchev–Trinajstić information content (AvgIpc) is 2.18. The molecular weight excluding hydrogens is 176 g/mol. The molecule has 14 heavy (non-hydrogen) atoms. The molecule has 0 N–H and O–H groups in total. The number of hydrogen-bond acceptors (Lipinski definition) is 2. The summed E-state index contributed by atoms with van der Waals surface area (Å²) in [6, 6.07) is 0. The van der Waals surface area contributed by atoms with Crippen molar-refractivity contribution in [1.29, 1.82) is 0 Å². The molecule has 1 saturated heterocycles. The number of carbonyl (C=O) groups is 1. The van der Waals surface area contributed by atoms with E-state index in [4.69, 9.17) is 0 Å². The van der Waals surface area contributed by atoms with Crippen LogP contribution in [0.25, 0.3) is 0 Å². The van der Waals surface area contributed by atoms with Crippen molar-refractivity contribution < 1.29 is 4.79 Å². The van der Waals surface area contributed by atoms with Crippen molar-refractivity contribution in [1.82, 2.24) is 9.80 Å². The molecule has 1 unspecified atom stereocenters. The minimum atomic E-state index is 0.216. The SMILES string of the molecule is CCC(C)CN1CCN(C(C)=O)CC1. The zero-order valence-electron chi connectivity index (χ0n) is 9.62. The normalized spacial score (nSPS) is 20.9. The molecule has 0 aliphatic carbocycles. The van der Waals surface area contributed by atoms with Gasteiger partial charge in [0.25, 0.3) is 0 Å². The van der Waals surface area contributed by atoms with Crippen molar-refractivity contribution in [3.8, 4) is 0 Å². The first-order chi connectivity index (χ1) is 6.63. The average molecular weight is 198 g/mol. The molecule has 0 aromatic heterocycles. The minimum absolute atomic E-state index is 0.216. The molecule has 0 spiro atoms. The molecule has 0 bridgehead atoms. The second-order valence-corrected chi connectivity index (χ2v) is 4.32. The van der Waals surface area contributed by atoms with E-state index in [9.17, 15) is 4.79 Å². The zero-order valence-corrected chi connectivity index (χ0v) is 9.62. The van der Waals surface area contributed by atoms with Crippen molar-refractivity contribution in [3.63, 3.8) is 0 Å². The Morgan fingerprint density at radius 1 is 1.29 bits per heavy atom. The fourth-order valence-electron chi connectivity index (χ4n) is 1.82. The number of carbonyl (C=O) groups excluding carboxylic acids is 1. The molecule has 3 nitrogen and oxygen atoms in total. The Bertz CT molecular complexity index is 186. The van der Waals surface area contributed by atoms with Crippen LogP contribution in [0.4, 0.5) is 0 Å². The van der Waals surface area contributed by atoms with Gasteiger partial charge in [-0.3, -0.25) is 9.69 Å². The van der Waals surface area contributed by atoms with Gasteiger partial charge in [0, 0.05) is 39.6 Å². The zero-order chi connectivity index (χ0) is 10.6. The molecule has 0 aromatic rings. The molecule has 1 aliphatic heterocycles. The van der Waals surface area contributed by atoms with E-state index in [1.165, 1.54) is 13.0 Å². The summed E-state index contributed by atoms with van der Waals surface area (Å²) in [5.41, 5.74) is 0. The van der Waals surface area contributed by atoms with Crippen LogP contribution in [0.15, 0.2) is 0 Å². The lowest BCUT2D eigenvalue weighted by Crippen LogP contribution is -2.48. The van der Waals surface area contributed by atoms with E-state index in [1.54, 1.807) is 6.92 Å². The van der Waals surface area contributed by atoms with Crippen LogP contribution in [0.1, 0.15) is 27.2 Å². The Kier molecular flexibility index (Phi) is 4.39. The predicted octanol–water partition coefficient (Wildman–Crippen LogP) is 1.20. The second-order valence-electron chi connectivity index (χ2n) is 4.32. The van der Waals surface area contributed by atoms with E-state index in [-0.39, 0.29) is 5.91 Å². The van der Waals surface area contributed by atoms with Gasteiger partial charge in [-0.25, -0.2) is 0 Å². The summed E-state index contributed by atoms with van der Waals surface area (Å²) >= 11 is 0. The van der Waals surface area contributed by atoms with Crippen LogP contribution in [0.3, 0.4) is 0 Å². The van der Waals surface area contributed by atoms with E-state index in [0.29, 0.717) is 0 Å². The van der Waals surface area contributed by atoms with Crippen LogP contribution < -0.4 is 0 Å². The minimum Gasteiger partial charge on any atom is -0.340 e. The maximum absolute atomic E-state index is 11.1. The Balaban J connectivity index is 2.25. The largest absolute Gasteiger partial charge is 0.340 e. The number of piperazine rings is 1. The highest BCUT2D eigenvalue weighted by molar-refractivity contribution is 5.73. The summed E-state index contributed by atoms with van der Waals surface area (Å²) < 4.78 is 0. The fraction of sp³-hybridized carbons (Fsp3) is 0.909. The summed E-state index contributed by atoms with van der Waals surface area (Å²) in [5, 5.41) is 0. The summed E-state index contributed by atoms with van der Waals surface area (Å²) in [6.45, 7) is 11.3. The van der Waals surface area contributed by atoms with Crippen molar-refractivity contribution in [2.75, 3.05) is 32.7 Å². The van der Waals surface area contributed by atoms with Crippen LogP contribution in [0.5, 0.6) is 0 Å². The van der Waals surface area contributed by atoms with E-state index < -0.39 is 0 Å². The molecule has 3 heteroatoms. The van der Waals surface area contributed by atoms with Gasteiger partial charge in [-0.1, -0.05) is 20.3 Å². The highest BCUT2D eigenvalue weighted by atomic mass is 16.2. The molecule has 0 aromatic carbocycles. The standard InChI is InChI=1S/C11H22N2O/c1-4-10(2)9-12-5-7-13(8-6-12)11(3)14/h10H,4-9H2,1-3H3. The summed E-state index contributed by atoms with van der Waals surface area (Å²) in [6.07, 6.45) is 1.24. The van der Waals surface area contributed by atoms with Crippen LogP contribution in [-0.4, -0.2) is 48.4 Å². The number of amides is 1. The first-order valence-corrected chi connectivity index (χ1v) is 5.61. The molecule has 1 amide bonds. The fourth-order valence-corrected chi connectivity index (χ4v) is 1.82. The maximum Gasteiger partial charge on any atom is 0.219 e. The van der Waals surface area contributed by atoms with E-state index >= 15 is 0 Å². The number of nitrogens with zero attached hydrogens (tertiary/aromatic N) is 2. The Labute approximate surface area is 87.1 Å². The highest BCUT2D eigenvalue weighted by Gasteiger charge is 2.18. The van der Waals surface area contributed by atoms with Gasteiger partial charge >= 0.3 is 0 Å². The van der Waals surface area contributed by atoms with Crippen LogP contribution in [0.2, 0.25) is 0 Å². The first kappa shape index (κ1) is 11.5. The third-order valence-corrected chi connectivity index (χ3v) is 3.08. The highest BCUT2D eigenvalue weighted by Crippen LogP contribution is 2.07. The van der Waals surface area contributed by atoms with Gasteiger partial charge in [0.1, 0.15) is 0 Å². The van der Waals surface area contributed by atoms with Gasteiger partial charge in [0.05, 0.1) is 0 Å². The van der Waals surface area contributed by atoms with Gasteiger partial charge in [0.15, 0.2) is 0 Å². The second kappa shape index (κ2) is 5.35. The Hall–Kier alpha value is -0.570. The van der Waals surface area contributed by atoms with E-state index in [1.807, 2.05) is 4.90 Å². The number of rotatable bonds is 3. The predicted molar refractivity (Wildman–Crippen MR) is 58.1 cm³/mol. The van der Waals surface area contributed by atoms with Crippen LogP contribution in [0, 0.1) is 5.92 Å². The molecule has 0 radical (unpaired) electrons. The monoisotopic (exact) mass is 198 g/mol. The Morgan fingerprint density at radius 3 is 2.29 bits per heavy atom. The molecule has 0 saturated carbocycles. The van der Waals surface area contributed by atoms with Gasteiger partial charge in [-0.15, -0.1) is 0 Å². The van der Waals surface area contributed by atoms with Gasteiger partial charge < -0.3 is 4.90 Å². The molecular formula is C11H22N2O. The van der Waals surface area contributed by atoms with Crippen molar-refractivity contribution >= 4 is 5.91 Å². The molecule has 1 rings (SSSR count). The molecule has 1 fully saturated rings. The van der Waals surface area contributed by atoms with Crippen molar-refractivity contribution in [2.24, 2.45) is 5.92 Å². The van der Waals surface area contributed by atoms with E-state index in [2.05, 4.69) is 18.7 Å². The van der Waals surface area contributed by atoms with Gasteiger partial charge in [-0.2, -0.15) is 0 Å². The molecule has 1 heterocycles. The summed E-state index contributed by atoms with van der Waals surface area (Å²) in [4.78, 5) is 15.5. The topological polar surface area (TPSA) is 23.6 Å². The molecule has 1 aliphatic rings. The Morgan fingerprint density at radius 2 is 1.86 bits per heavy atom. The number of hydrogen-bond donors (Lipinski definition) is 0. The first-order valence-electron chi connectivity index (χ1n) is 5.61. The quantitative estimate of drug-likeness (QED) is 0.680. The molecule has 1 atom stereocenters. The molecule has 82 valence electrons. The van der Waals surface area contributed by atoms with Crippen LogP contribution in [-0.2, 0) is 4.79 Å². The van der Waals surface area contributed by atoms with Crippen molar-refractivity contribution in [3.05, 3.63) is 0 Å². The maximum atomic E-state index is 11.1. The van der Waals surface area contributed by atoms with Gasteiger partial charge in [0.2, 0.25) is 5.91 Å². The summed E-state index contributed by atoms with van der Waals surface area (Å²) in [5.74, 6) is 0.993. The van der Waals surface area contributed by atoms with Crippen LogP contribution >= 0.6 is 0 Å². The lowest BCUT2D eigenvalue weighted by molar-refractivity contribution is -0.130. The smallest absolute Gasteiger partial charge is 0.219 e. The lowest BCUT2D eigenvalue weighted by atomic mass is 10.1. The lowest BCUT2D eigenvalue weighted by Gasteiger charge is -2.35. The van der Waals surface area contributed by atoms with Crippen molar-refractivity contribution in [2.45, 2.75) is 27.2 Å². The third-order valence-electron chi connectivity index (χ3n) is 3.08. The third kappa shape index (κ3) is 3.29. The summed E-state index contributed by atoms with van der Waals surface area (Å²) in [7, 11) is 0.